The Morgan fingerprint density at radius 1 is 1.43 bits per heavy atom. The second-order valence-corrected chi connectivity index (χ2v) is 6.62. The van der Waals surface area contributed by atoms with Gasteiger partial charge in [-0.05, 0) is 18.2 Å². The first-order chi connectivity index (χ1) is 10.1. The minimum atomic E-state index is -0.208. The number of aromatic amines is 1. The Kier molecular flexibility index (Phi) is 4.16. The normalized spacial score (nSPS) is 14.0. The van der Waals surface area contributed by atoms with Crippen molar-refractivity contribution in [1.82, 2.24) is 19.7 Å². The monoisotopic (exact) mass is 368 g/mol. The maximum Gasteiger partial charge on any atom is 0.343 e. The van der Waals surface area contributed by atoms with Gasteiger partial charge in [0.15, 0.2) is 5.82 Å². The van der Waals surface area contributed by atoms with Gasteiger partial charge in [-0.2, -0.15) is 5.10 Å². The Hall–Kier alpha value is -1.54. The number of amides is 1. The molecule has 0 saturated heterocycles. The second-order valence-electron chi connectivity index (χ2n) is 4.66. The molecule has 1 aromatic carbocycles. The summed E-state index contributed by atoms with van der Waals surface area (Å²) in [6, 6.07) is 7.86. The molecule has 0 fully saturated rings. The lowest BCUT2D eigenvalue weighted by Gasteiger charge is -2.26. The average Bonchev–Trinajstić information content (AvgIpc) is 2.86. The van der Waals surface area contributed by atoms with E-state index in [0.717, 1.165) is 9.37 Å². The minimum absolute atomic E-state index is 0.0571. The molecule has 8 heteroatoms. The van der Waals surface area contributed by atoms with E-state index in [-0.39, 0.29) is 11.6 Å². The van der Waals surface area contributed by atoms with Crippen LogP contribution in [0.2, 0.25) is 0 Å². The summed E-state index contributed by atoms with van der Waals surface area (Å²) in [4.78, 5) is 26.4. The average molecular weight is 369 g/mol. The van der Waals surface area contributed by atoms with Crippen LogP contribution in [0, 0.1) is 0 Å². The van der Waals surface area contributed by atoms with Crippen molar-refractivity contribution in [1.29, 1.82) is 0 Å². The van der Waals surface area contributed by atoms with Crippen LogP contribution in [0.3, 0.4) is 0 Å². The fourth-order valence-corrected chi connectivity index (χ4v) is 3.59. The molecule has 0 radical (unpaired) electrons. The smallest absolute Gasteiger partial charge is 0.333 e. The largest absolute Gasteiger partial charge is 0.343 e. The van der Waals surface area contributed by atoms with Gasteiger partial charge in [-0.1, -0.05) is 22.0 Å². The van der Waals surface area contributed by atoms with Crippen molar-refractivity contribution in [3.8, 4) is 0 Å². The number of aromatic nitrogens is 3. The Morgan fingerprint density at radius 3 is 3.10 bits per heavy atom. The van der Waals surface area contributed by atoms with E-state index in [1.165, 1.54) is 11.8 Å². The van der Waals surface area contributed by atoms with E-state index in [1.54, 1.807) is 9.47 Å². The van der Waals surface area contributed by atoms with Gasteiger partial charge in [0.1, 0.15) is 0 Å². The van der Waals surface area contributed by atoms with Crippen LogP contribution in [0.15, 0.2) is 38.4 Å². The highest BCUT2D eigenvalue weighted by atomic mass is 79.9. The van der Waals surface area contributed by atoms with Crippen molar-refractivity contribution in [2.24, 2.45) is 0 Å². The minimum Gasteiger partial charge on any atom is -0.333 e. The molecular weight excluding hydrogens is 356 g/mol. The van der Waals surface area contributed by atoms with E-state index >= 15 is 0 Å². The number of halogens is 1. The topological polar surface area (TPSA) is 71.0 Å². The lowest BCUT2D eigenvalue weighted by Crippen LogP contribution is -2.41. The number of nitrogens with one attached hydrogen (secondary N) is 1. The Bertz CT molecular complexity index is 727. The Morgan fingerprint density at radius 2 is 2.29 bits per heavy atom. The number of hydrogen-bond donors (Lipinski definition) is 1. The van der Waals surface area contributed by atoms with Crippen LogP contribution < -0.4 is 5.69 Å². The zero-order chi connectivity index (χ0) is 14.8. The molecule has 1 amide bonds. The Labute approximate surface area is 133 Å². The van der Waals surface area contributed by atoms with Crippen molar-refractivity contribution in [3.63, 3.8) is 0 Å². The number of hydrogen-bond acceptors (Lipinski definition) is 4. The van der Waals surface area contributed by atoms with Gasteiger partial charge in [-0.25, -0.2) is 9.89 Å². The number of H-pyrrole nitrogens is 1. The first-order valence-electron chi connectivity index (χ1n) is 6.44. The van der Waals surface area contributed by atoms with Gasteiger partial charge in [-0.15, -0.1) is 11.8 Å². The number of benzene rings is 1. The van der Waals surface area contributed by atoms with E-state index in [4.69, 9.17) is 0 Å². The molecule has 2 heterocycles. The predicted molar refractivity (Wildman–Crippen MR) is 83.1 cm³/mol. The number of carbonyl (C=O) groups is 1. The molecule has 1 aliphatic heterocycles. The molecule has 1 aromatic heterocycles. The van der Waals surface area contributed by atoms with Crippen LogP contribution in [0.4, 0.5) is 0 Å². The summed E-state index contributed by atoms with van der Waals surface area (Å²) in [6.45, 7) is 1.43. The molecule has 1 aliphatic rings. The third-order valence-electron chi connectivity index (χ3n) is 3.27. The van der Waals surface area contributed by atoms with Crippen LogP contribution in [0.25, 0.3) is 0 Å². The highest BCUT2D eigenvalue weighted by Crippen LogP contribution is 2.22. The maximum absolute atomic E-state index is 12.2. The van der Waals surface area contributed by atoms with Gasteiger partial charge in [0.25, 0.3) is 0 Å². The van der Waals surface area contributed by atoms with Gasteiger partial charge in [0.05, 0.1) is 12.3 Å². The van der Waals surface area contributed by atoms with E-state index in [0.29, 0.717) is 31.2 Å². The summed E-state index contributed by atoms with van der Waals surface area (Å²) < 4.78 is 2.57. The Balaban J connectivity index is 1.61. The zero-order valence-corrected chi connectivity index (χ0v) is 13.5. The molecule has 2 aromatic rings. The second kappa shape index (κ2) is 6.07. The standard InChI is InChI=1S/C13H13BrN4O2S/c14-9-2-1-3-10(6-9)21-8-12(19)17-4-5-18-11(7-17)15-16-13(18)20/h1-3,6H,4-5,7-8H2,(H,16,20). The van der Waals surface area contributed by atoms with E-state index in [2.05, 4.69) is 26.1 Å². The molecule has 0 bridgehead atoms. The van der Waals surface area contributed by atoms with Gasteiger partial charge < -0.3 is 4.90 Å². The third-order valence-corrected chi connectivity index (χ3v) is 4.75. The van der Waals surface area contributed by atoms with Crippen LogP contribution in [-0.4, -0.2) is 37.9 Å². The molecule has 21 heavy (non-hydrogen) atoms. The highest BCUT2D eigenvalue weighted by Gasteiger charge is 2.23. The number of carbonyl (C=O) groups excluding carboxylic acids is 1. The first-order valence-corrected chi connectivity index (χ1v) is 8.21. The molecule has 6 nitrogen and oxygen atoms in total. The number of rotatable bonds is 3. The molecule has 0 atom stereocenters. The number of thioether (sulfide) groups is 1. The van der Waals surface area contributed by atoms with Gasteiger partial charge >= 0.3 is 5.69 Å². The fraction of sp³-hybridized carbons (Fsp3) is 0.308. The summed E-state index contributed by atoms with van der Waals surface area (Å²) in [7, 11) is 0. The van der Waals surface area contributed by atoms with Crippen molar-refractivity contribution < 1.29 is 4.79 Å². The molecule has 0 saturated carbocycles. The highest BCUT2D eigenvalue weighted by molar-refractivity contribution is 9.10. The summed E-state index contributed by atoms with van der Waals surface area (Å²) in [5.41, 5.74) is -0.208. The summed E-state index contributed by atoms with van der Waals surface area (Å²) in [6.07, 6.45) is 0. The summed E-state index contributed by atoms with van der Waals surface area (Å²) in [5.74, 6) is 1.05. The van der Waals surface area contributed by atoms with E-state index in [9.17, 15) is 9.59 Å². The van der Waals surface area contributed by atoms with Gasteiger partial charge in [0.2, 0.25) is 5.91 Å². The summed E-state index contributed by atoms with van der Waals surface area (Å²) in [5, 5.41) is 6.35. The van der Waals surface area contributed by atoms with Gasteiger partial charge in [0, 0.05) is 22.5 Å². The third kappa shape index (κ3) is 3.21. The lowest BCUT2D eigenvalue weighted by atomic mass is 10.3. The van der Waals surface area contributed by atoms with Crippen LogP contribution in [-0.2, 0) is 17.9 Å². The predicted octanol–water partition coefficient (Wildman–Crippen LogP) is 1.47. The lowest BCUT2D eigenvalue weighted by molar-refractivity contribution is -0.129. The fourth-order valence-electron chi connectivity index (χ4n) is 2.18. The molecule has 0 unspecified atom stereocenters. The molecule has 0 spiro atoms. The molecular formula is C13H13BrN4O2S. The van der Waals surface area contributed by atoms with E-state index in [1.807, 2.05) is 24.3 Å². The van der Waals surface area contributed by atoms with Gasteiger partial charge in [-0.3, -0.25) is 9.36 Å². The zero-order valence-electron chi connectivity index (χ0n) is 11.1. The number of fused-ring (bicyclic) bond motifs is 1. The number of nitrogens with zero attached hydrogens (tertiary/aromatic N) is 3. The first kappa shape index (κ1) is 14.4. The molecule has 110 valence electrons. The van der Waals surface area contributed by atoms with Crippen molar-refractivity contribution in [3.05, 3.63) is 45.0 Å². The van der Waals surface area contributed by atoms with Crippen molar-refractivity contribution in [2.75, 3.05) is 12.3 Å². The molecule has 3 rings (SSSR count). The van der Waals surface area contributed by atoms with Crippen molar-refractivity contribution >= 4 is 33.6 Å². The SMILES string of the molecule is O=C(CSc1cccc(Br)c1)N1CCn2c(n[nH]c2=O)C1. The van der Waals surface area contributed by atoms with E-state index < -0.39 is 0 Å². The molecule has 0 aliphatic carbocycles. The molecule has 1 N–H and O–H groups in total. The van der Waals surface area contributed by atoms with Crippen molar-refractivity contribution in [2.45, 2.75) is 18.0 Å². The van der Waals surface area contributed by atoms with Crippen LogP contribution >= 0.6 is 27.7 Å². The van der Waals surface area contributed by atoms with Crippen LogP contribution in [0.5, 0.6) is 0 Å². The quantitative estimate of drug-likeness (QED) is 0.832. The summed E-state index contributed by atoms with van der Waals surface area (Å²) >= 11 is 4.92. The van der Waals surface area contributed by atoms with Crippen LogP contribution in [0.1, 0.15) is 5.82 Å². The maximum atomic E-state index is 12.2.